The van der Waals surface area contributed by atoms with E-state index in [0.717, 1.165) is 0 Å². The van der Waals surface area contributed by atoms with E-state index in [2.05, 4.69) is 36.4 Å². The predicted molar refractivity (Wildman–Crippen MR) is 77.3 cm³/mol. The number of methoxy groups -OCH3 is 2. The van der Waals surface area contributed by atoms with Gasteiger partial charge in [-0.25, -0.2) is 0 Å². The molecule has 0 saturated heterocycles. The van der Waals surface area contributed by atoms with Gasteiger partial charge < -0.3 is 9.47 Å². The molecule has 2 rings (SSSR count). The van der Waals surface area contributed by atoms with Gasteiger partial charge in [0.05, 0.1) is 12.7 Å². The Morgan fingerprint density at radius 3 is 1.79 bits per heavy atom. The first-order valence-electron chi connectivity index (χ1n) is 6.48. The molecule has 0 aliphatic heterocycles. The van der Waals surface area contributed by atoms with Crippen molar-refractivity contribution in [2.75, 3.05) is 20.8 Å². The summed E-state index contributed by atoms with van der Waals surface area (Å²) in [5.41, 5.74) is 2.41. The van der Waals surface area contributed by atoms with Gasteiger partial charge >= 0.3 is 0 Å². The molecule has 0 heterocycles. The highest BCUT2D eigenvalue weighted by Gasteiger charge is 2.24. The third kappa shape index (κ3) is 3.43. The summed E-state index contributed by atoms with van der Waals surface area (Å²) in [5, 5.41) is 0. The molecule has 2 atom stereocenters. The van der Waals surface area contributed by atoms with Crippen LogP contribution in [0.15, 0.2) is 60.7 Å². The van der Waals surface area contributed by atoms with Crippen molar-refractivity contribution in [3.63, 3.8) is 0 Å². The summed E-state index contributed by atoms with van der Waals surface area (Å²) in [7, 11) is 3.48. The summed E-state index contributed by atoms with van der Waals surface area (Å²) in [4.78, 5) is 0. The van der Waals surface area contributed by atoms with Crippen molar-refractivity contribution < 1.29 is 9.47 Å². The van der Waals surface area contributed by atoms with Gasteiger partial charge in [0.25, 0.3) is 0 Å². The van der Waals surface area contributed by atoms with Gasteiger partial charge in [-0.1, -0.05) is 60.7 Å². The standard InChI is InChI=1S/C17H20O2/c1-18-13-16(14-9-5-3-6-10-14)17(19-2)15-11-7-4-8-12-15/h3-12,16-17H,13H2,1-2H3/t16-,17-/m0/s1. The third-order valence-corrected chi connectivity index (χ3v) is 3.32. The predicted octanol–water partition coefficient (Wildman–Crippen LogP) is 3.80. The number of hydrogen-bond acceptors (Lipinski definition) is 2. The molecule has 0 aliphatic carbocycles. The van der Waals surface area contributed by atoms with Gasteiger partial charge in [-0.3, -0.25) is 0 Å². The van der Waals surface area contributed by atoms with Gasteiger partial charge in [0.2, 0.25) is 0 Å². The molecular weight excluding hydrogens is 236 g/mol. The number of benzene rings is 2. The van der Waals surface area contributed by atoms with Crippen LogP contribution in [0, 0.1) is 0 Å². The van der Waals surface area contributed by atoms with Crippen LogP contribution in [-0.4, -0.2) is 20.8 Å². The van der Waals surface area contributed by atoms with E-state index in [-0.39, 0.29) is 12.0 Å². The van der Waals surface area contributed by atoms with Crippen molar-refractivity contribution in [2.45, 2.75) is 12.0 Å². The van der Waals surface area contributed by atoms with Crippen LogP contribution in [0.25, 0.3) is 0 Å². The quantitative estimate of drug-likeness (QED) is 0.782. The summed E-state index contributed by atoms with van der Waals surface area (Å²) in [6.07, 6.45) is 0.00329. The highest BCUT2D eigenvalue weighted by Crippen LogP contribution is 2.33. The second-order valence-corrected chi connectivity index (χ2v) is 4.54. The molecule has 100 valence electrons. The van der Waals surface area contributed by atoms with Crippen molar-refractivity contribution in [1.82, 2.24) is 0 Å². The molecule has 2 nitrogen and oxygen atoms in total. The second-order valence-electron chi connectivity index (χ2n) is 4.54. The molecule has 0 unspecified atom stereocenters. The van der Waals surface area contributed by atoms with E-state index in [1.165, 1.54) is 11.1 Å². The maximum Gasteiger partial charge on any atom is 0.0911 e. The van der Waals surface area contributed by atoms with Crippen LogP contribution in [-0.2, 0) is 9.47 Å². The van der Waals surface area contributed by atoms with E-state index < -0.39 is 0 Å². The highest BCUT2D eigenvalue weighted by molar-refractivity contribution is 5.27. The van der Waals surface area contributed by atoms with Crippen molar-refractivity contribution in [3.05, 3.63) is 71.8 Å². The van der Waals surface area contributed by atoms with Crippen molar-refractivity contribution >= 4 is 0 Å². The van der Waals surface area contributed by atoms with Crippen LogP contribution >= 0.6 is 0 Å². The maximum absolute atomic E-state index is 5.73. The minimum Gasteiger partial charge on any atom is -0.384 e. The van der Waals surface area contributed by atoms with E-state index in [1.807, 2.05) is 24.3 Å². The monoisotopic (exact) mass is 256 g/mol. The van der Waals surface area contributed by atoms with Gasteiger partial charge in [-0.05, 0) is 11.1 Å². The van der Waals surface area contributed by atoms with E-state index >= 15 is 0 Å². The lowest BCUT2D eigenvalue weighted by Gasteiger charge is -2.26. The number of ether oxygens (including phenoxy) is 2. The fourth-order valence-electron chi connectivity index (χ4n) is 2.41. The van der Waals surface area contributed by atoms with Crippen LogP contribution in [0.1, 0.15) is 23.1 Å². The van der Waals surface area contributed by atoms with Gasteiger partial charge in [-0.15, -0.1) is 0 Å². The Kier molecular flexibility index (Phi) is 5.13. The zero-order valence-corrected chi connectivity index (χ0v) is 11.5. The lowest BCUT2D eigenvalue weighted by molar-refractivity contribution is 0.0448. The fourth-order valence-corrected chi connectivity index (χ4v) is 2.41. The smallest absolute Gasteiger partial charge is 0.0911 e. The van der Waals surface area contributed by atoms with Gasteiger partial charge in [0, 0.05) is 20.1 Å². The lowest BCUT2D eigenvalue weighted by Crippen LogP contribution is -2.18. The Hall–Kier alpha value is -1.64. The molecule has 0 saturated carbocycles. The van der Waals surface area contributed by atoms with Crippen molar-refractivity contribution in [2.24, 2.45) is 0 Å². The largest absolute Gasteiger partial charge is 0.384 e. The fraction of sp³-hybridized carbons (Fsp3) is 0.294. The third-order valence-electron chi connectivity index (χ3n) is 3.32. The van der Waals surface area contributed by atoms with Crippen molar-refractivity contribution in [3.8, 4) is 0 Å². The first-order chi connectivity index (χ1) is 9.36. The molecule has 0 aromatic heterocycles. The summed E-state index contributed by atoms with van der Waals surface area (Å²) in [6.45, 7) is 0.636. The van der Waals surface area contributed by atoms with E-state index in [4.69, 9.17) is 9.47 Å². The van der Waals surface area contributed by atoms with Crippen molar-refractivity contribution in [1.29, 1.82) is 0 Å². The summed E-state index contributed by atoms with van der Waals surface area (Å²) < 4.78 is 11.1. The average Bonchev–Trinajstić information content (AvgIpc) is 2.49. The minimum atomic E-state index is 0.00329. The topological polar surface area (TPSA) is 18.5 Å². The summed E-state index contributed by atoms with van der Waals surface area (Å²) in [5.74, 6) is 0.193. The van der Waals surface area contributed by atoms with Crippen LogP contribution < -0.4 is 0 Å². The molecule has 0 radical (unpaired) electrons. The maximum atomic E-state index is 5.73. The van der Waals surface area contributed by atoms with Crippen LogP contribution in [0.2, 0.25) is 0 Å². The summed E-state index contributed by atoms with van der Waals surface area (Å²) >= 11 is 0. The molecule has 0 bridgehead atoms. The zero-order chi connectivity index (χ0) is 13.5. The number of rotatable bonds is 6. The van der Waals surface area contributed by atoms with Crippen LogP contribution in [0.3, 0.4) is 0 Å². The Morgan fingerprint density at radius 2 is 1.32 bits per heavy atom. The first-order valence-corrected chi connectivity index (χ1v) is 6.48. The second kappa shape index (κ2) is 7.07. The van der Waals surface area contributed by atoms with Gasteiger partial charge in [0.1, 0.15) is 0 Å². The van der Waals surface area contributed by atoms with E-state index in [0.29, 0.717) is 6.61 Å². The Labute approximate surface area is 115 Å². The average molecular weight is 256 g/mol. The normalized spacial score (nSPS) is 14.0. The molecule has 2 aromatic rings. The molecule has 2 aromatic carbocycles. The zero-order valence-electron chi connectivity index (χ0n) is 11.5. The van der Waals surface area contributed by atoms with Crippen LogP contribution in [0.4, 0.5) is 0 Å². The minimum absolute atomic E-state index is 0.00329. The molecule has 0 amide bonds. The molecule has 0 fully saturated rings. The molecule has 0 aliphatic rings. The van der Waals surface area contributed by atoms with Gasteiger partial charge in [-0.2, -0.15) is 0 Å². The lowest BCUT2D eigenvalue weighted by atomic mass is 9.89. The first kappa shape index (κ1) is 13.8. The Bertz CT molecular complexity index is 467. The Balaban J connectivity index is 2.31. The molecule has 0 N–H and O–H groups in total. The Morgan fingerprint density at radius 1 is 0.789 bits per heavy atom. The SMILES string of the molecule is COC[C@@H](c1ccccc1)[C@@H](OC)c1ccccc1. The molecule has 19 heavy (non-hydrogen) atoms. The highest BCUT2D eigenvalue weighted by atomic mass is 16.5. The summed E-state index contributed by atoms with van der Waals surface area (Å²) in [6, 6.07) is 20.7. The number of hydrogen-bond donors (Lipinski definition) is 0. The van der Waals surface area contributed by atoms with E-state index in [1.54, 1.807) is 14.2 Å². The molecular formula is C17H20O2. The van der Waals surface area contributed by atoms with Gasteiger partial charge in [0.15, 0.2) is 0 Å². The van der Waals surface area contributed by atoms with E-state index in [9.17, 15) is 0 Å². The molecule has 2 heteroatoms. The van der Waals surface area contributed by atoms with Crippen LogP contribution in [0.5, 0.6) is 0 Å². The molecule has 0 spiro atoms.